The summed E-state index contributed by atoms with van der Waals surface area (Å²) in [6.07, 6.45) is 6.10. The molecule has 0 radical (unpaired) electrons. The molecule has 21 heavy (non-hydrogen) atoms. The smallest absolute Gasteiger partial charge is 0.192 e. The first kappa shape index (κ1) is 19.4. The molecule has 0 bridgehead atoms. The predicted octanol–water partition coefficient (Wildman–Crippen LogP) is 5.76. The van der Waals surface area contributed by atoms with Crippen LogP contribution in [0.2, 0.25) is 18.1 Å². The maximum absolute atomic E-state index is 10.6. The van der Waals surface area contributed by atoms with Gasteiger partial charge in [-0.25, -0.2) is 0 Å². The minimum absolute atomic E-state index is 0.108. The highest BCUT2D eigenvalue weighted by molar-refractivity contribution is 9.11. The first-order valence-electron chi connectivity index (χ1n) is 8.34. The van der Waals surface area contributed by atoms with Gasteiger partial charge in [0.25, 0.3) is 0 Å². The molecule has 1 aliphatic rings. The van der Waals surface area contributed by atoms with Crippen LogP contribution in [0, 0.1) is 0 Å². The maximum Gasteiger partial charge on any atom is 0.192 e. The topological polar surface area (TPSA) is 29.5 Å². The molecule has 124 valence electrons. The summed E-state index contributed by atoms with van der Waals surface area (Å²) in [5.74, 6) is 0. The number of halogens is 1. The number of rotatable bonds is 7. The molecule has 0 heterocycles. The van der Waals surface area contributed by atoms with Crippen molar-refractivity contribution < 1.29 is 9.53 Å². The minimum Gasteiger partial charge on any atom is -0.410 e. The lowest BCUT2D eigenvalue weighted by Crippen LogP contribution is -2.44. The summed E-state index contributed by atoms with van der Waals surface area (Å²) >= 11 is 3.67. The van der Waals surface area contributed by atoms with E-state index in [9.17, 15) is 5.11 Å². The molecular weight excluding hydrogens is 344 g/mol. The van der Waals surface area contributed by atoms with Crippen LogP contribution in [0.3, 0.4) is 0 Å². The Morgan fingerprint density at radius 2 is 1.95 bits per heavy atom. The molecule has 0 aromatic heterocycles. The maximum atomic E-state index is 10.6. The van der Waals surface area contributed by atoms with Crippen molar-refractivity contribution >= 4 is 24.2 Å². The van der Waals surface area contributed by atoms with Gasteiger partial charge in [0.05, 0.1) is 12.2 Å². The first-order chi connectivity index (χ1) is 9.60. The van der Waals surface area contributed by atoms with Gasteiger partial charge >= 0.3 is 0 Å². The summed E-state index contributed by atoms with van der Waals surface area (Å²) < 4.78 is 7.74. The summed E-state index contributed by atoms with van der Waals surface area (Å²) in [4.78, 5) is 0. The fourth-order valence-electron chi connectivity index (χ4n) is 2.53. The molecular formula is C17H33BrO2Si. The van der Waals surface area contributed by atoms with E-state index in [1.807, 2.05) is 0 Å². The van der Waals surface area contributed by atoms with Crippen molar-refractivity contribution in [2.45, 2.75) is 96.6 Å². The van der Waals surface area contributed by atoms with Crippen molar-refractivity contribution in [1.29, 1.82) is 0 Å². The van der Waals surface area contributed by atoms with E-state index < -0.39 is 8.32 Å². The quantitative estimate of drug-likeness (QED) is 0.451. The second-order valence-electron chi connectivity index (χ2n) is 7.78. The number of unbranched alkanes of at least 4 members (excludes halogenated alkanes) is 2. The molecule has 0 aliphatic heterocycles. The van der Waals surface area contributed by atoms with Crippen molar-refractivity contribution in [3.63, 3.8) is 0 Å². The van der Waals surface area contributed by atoms with Crippen LogP contribution in [0.4, 0.5) is 0 Å². The third-order valence-corrected chi connectivity index (χ3v) is 10.3. The van der Waals surface area contributed by atoms with Crippen LogP contribution >= 0.6 is 15.9 Å². The van der Waals surface area contributed by atoms with Gasteiger partial charge in [-0.15, -0.1) is 0 Å². The second-order valence-corrected chi connectivity index (χ2v) is 13.5. The van der Waals surface area contributed by atoms with Crippen molar-refractivity contribution in [3.05, 3.63) is 10.1 Å². The fourth-order valence-corrected chi connectivity index (χ4v) is 4.58. The molecule has 2 unspecified atom stereocenters. The zero-order valence-electron chi connectivity index (χ0n) is 14.6. The molecule has 1 rings (SSSR count). The van der Waals surface area contributed by atoms with E-state index in [1.54, 1.807) is 0 Å². The van der Waals surface area contributed by atoms with Crippen LogP contribution in [-0.2, 0) is 4.43 Å². The summed E-state index contributed by atoms with van der Waals surface area (Å²) in [6, 6.07) is 0. The molecule has 4 heteroatoms. The Morgan fingerprint density at radius 1 is 1.33 bits per heavy atom. The SMILES string of the molecule is CCCCCC(O)C1=C(Br)CCC1O[Si](C)(C)C(C)(C)C. The zero-order chi connectivity index (χ0) is 16.3. The van der Waals surface area contributed by atoms with Gasteiger partial charge in [-0.2, -0.15) is 0 Å². The van der Waals surface area contributed by atoms with E-state index in [2.05, 4.69) is 56.7 Å². The molecule has 1 N–H and O–H groups in total. The van der Waals surface area contributed by atoms with Gasteiger partial charge in [0.2, 0.25) is 0 Å². The highest BCUT2D eigenvalue weighted by atomic mass is 79.9. The summed E-state index contributed by atoms with van der Waals surface area (Å²) in [5, 5.41) is 10.8. The third-order valence-electron chi connectivity index (χ3n) is 4.97. The molecule has 0 aromatic carbocycles. The Bertz CT molecular complexity index is 371. The lowest BCUT2D eigenvalue weighted by atomic mass is 10.0. The molecule has 0 spiro atoms. The van der Waals surface area contributed by atoms with Crippen molar-refractivity contribution in [1.82, 2.24) is 0 Å². The molecule has 0 saturated carbocycles. The summed E-state index contributed by atoms with van der Waals surface area (Å²) in [7, 11) is -1.79. The van der Waals surface area contributed by atoms with Crippen LogP contribution in [0.1, 0.15) is 66.2 Å². The number of aliphatic hydroxyl groups is 1. The van der Waals surface area contributed by atoms with Crippen LogP contribution < -0.4 is 0 Å². The van der Waals surface area contributed by atoms with Crippen LogP contribution in [0.5, 0.6) is 0 Å². The Balaban J connectivity index is 2.75. The lowest BCUT2D eigenvalue weighted by Gasteiger charge is -2.39. The Kier molecular flexibility index (Phi) is 7.17. The number of hydrogen-bond acceptors (Lipinski definition) is 2. The molecule has 0 saturated heterocycles. The Hall–Kier alpha value is 0.357. The Labute approximate surface area is 140 Å². The summed E-state index contributed by atoms with van der Waals surface area (Å²) in [6.45, 7) is 13.6. The molecule has 0 aromatic rings. The molecule has 0 fully saturated rings. The van der Waals surface area contributed by atoms with Crippen molar-refractivity contribution in [3.8, 4) is 0 Å². The number of allylic oxidation sites excluding steroid dienone is 1. The molecule has 2 atom stereocenters. The van der Waals surface area contributed by atoms with Gasteiger partial charge in [-0.3, -0.25) is 0 Å². The fraction of sp³-hybridized carbons (Fsp3) is 0.882. The third kappa shape index (κ3) is 5.19. The van der Waals surface area contributed by atoms with E-state index in [0.717, 1.165) is 31.3 Å². The largest absolute Gasteiger partial charge is 0.410 e. The van der Waals surface area contributed by atoms with Crippen LogP contribution in [0.25, 0.3) is 0 Å². The van der Waals surface area contributed by atoms with E-state index in [-0.39, 0.29) is 17.2 Å². The van der Waals surface area contributed by atoms with Gasteiger partial charge in [0.15, 0.2) is 8.32 Å². The monoisotopic (exact) mass is 376 g/mol. The first-order valence-corrected chi connectivity index (χ1v) is 12.0. The normalized spacial score (nSPS) is 22.0. The van der Waals surface area contributed by atoms with Gasteiger partial charge < -0.3 is 9.53 Å². The van der Waals surface area contributed by atoms with Gasteiger partial charge in [-0.05, 0) is 47.5 Å². The van der Waals surface area contributed by atoms with Crippen LogP contribution in [-0.4, -0.2) is 25.6 Å². The summed E-state index contributed by atoms with van der Waals surface area (Å²) in [5.41, 5.74) is 1.12. The molecule has 1 aliphatic carbocycles. The minimum atomic E-state index is -1.79. The number of aliphatic hydroxyl groups excluding tert-OH is 1. The molecule has 2 nitrogen and oxygen atoms in total. The van der Waals surface area contributed by atoms with E-state index in [0.29, 0.717) is 0 Å². The zero-order valence-corrected chi connectivity index (χ0v) is 17.2. The van der Waals surface area contributed by atoms with Gasteiger partial charge in [-0.1, -0.05) is 62.9 Å². The highest BCUT2D eigenvalue weighted by Gasteiger charge is 2.42. The van der Waals surface area contributed by atoms with E-state index >= 15 is 0 Å². The average molecular weight is 377 g/mol. The molecule has 0 amide bonds. The van der Waals surface area contributed by atoms with E-state index in [1.165, 1.54) is 17.3 Å². The van der Waals surface area contributed by atoms with Crippen molar-refractivity contribution in [2.24, 2.45) is 0 Å². The highest BCUT2D eigenvalue weighted by Crippen LogP contribution is 2.43. The van der Waals surface area contributed by atoms with Crippen LogP contribution in [0.15, 0.2) is 10.1 Å². The van der Waals surface area contributed by atoms with E-state index in [4.69, 9.17) is 4.43 Å². The standard InChI is InChI=1S/C17H33BrO2Si/c1-7-8-9-10-14(19)16-13(18)11-12-15(16)20-21(5,6)17(2,3)4/h14-15,19H,7-12H2,1-6H3. The second kappa shape index (κ2) is 7.76. The van der Waals surface area contributed by atoms with Gasteiger partial charge in [0.1, 0.15) is 0 Å². The predicted molar refractivity (Wildman–Crippen MR) is 97.4 cm³/mol. The lowest BCUT2D eigenvalue weighted by molar-refractivity contribution is 0.143. The number of hydrogen-bond donors (Lipinski definition) is 1. The average Bonchev–Trinajstić information content (AvgIpc) is 2.68. The van der Waals surface area contributed by atoms with Gasteiger partial charge in [0, 0.05) is 0 Å². The Morgan fingerprint density at radius 3 is 2.48 bits per heavy atom. The van der Waals surface area contributed by atoms with Crippen molar-refractivity contribution in [2.75, 3.05) is 0 Å².